The topological polar surface area (TPSA) is 39.2 Å². The van der Waals surface area contributed by atoms with Crippen molar-refractivity contribution in [1.82, 2.24) is 4.98 Å². The number of esters is 1. The summed E-state index contributed by atoms with van der Waals surface area (Å²) in [6, 6.07) is 0. The Morgan fingerprint density at radius 3 is 3.00 bits per heavy atom. The third-order valence-electron chi connectivity index (χ3n) is 2.53. The van der Waals surface area contributed by atoms with Crippen LogP contribution in [0.1, 0.15) is 28.8 Å². The van der Waals surface area contributed by atoms with Crippen LogP contribution in [-0.2, 0) is 4.74 Å². The molecule has 1 aliphatic carbocycles. The first-order valence-corrected chi connectivity index (χ1v) is 5.64. The minimum Gasteiger partial charge on any atom is -0.461 e. The van der Waals surface area contributed by atoms with E-state index in [-0.39, 0.29) is 5.97 Å². The summed E-state index contributed by atoms with van der Waals surface area (Å²) in [5.41, 5.74) is 0.445. The Kier molecular flexibility index (Phi) is 2.54. The highest BCUT2D eigenvalue weighted by Gasteiger charge is 2.33. The number of aromatic nitrogens is 1. The molecule has 14 heavy (non-hydrogen) atoms. The van der Waals surface area contributed by atoms with Crippen molar-refractivity contribution in [1.29, 1.82) is 0 Å². The molecule has 4 heteroatoms. The smallest absolute Gasteiger partial charge is 0.357 e. The normalized spacial score (nSPS) is 24.7. The Bertz CT molecular complexity index is 348. The van der Waals surface area contributed by atoms with Crippen molar-refractivity contribution in [3.63, 3.8) is 0 Å². The highest BCUT2D eigenvalue weighted by atomic mass is 32.1. The molecule has 1 heterocycles. The number of thiazole rings is 1. The fourth-order valence-electron chi connectivity index (χ4n) is 1.35. The van der Waals surface area contributed by atoms with Crippen LogP contribution in [0, 0.1) is 18.8 Å². The standard InChI is InChI=1S/C10H13NO2S/c1-6-3-8(6)4-13-10(12)9-5-14-7(2)11-9/h5-6,8H,3-4H2,1-2H3. The van der Waals surface area contributed by atoms with Gasteiger partial charge in [0.1, 0.15) is 0 Å². The first-order chi connectivity index (χ1) is 6.66. The Morgan fingerprint density at radius 2 is 2.50 bits per heavy atom. The molecule has 2 atom stereocenters. The molecule has 3 nitrogen and oxygen atoms in total. The van der Waals surface area contributed by atoms with Gasteiger partial charge >= 0.3 is 5.97 Å². The lowest BCUT2D eigenvalue weighted by molar-refractivity contribution is 0.0475. The second kappa shape index (κ2) is 3.69. The van der Waals surface area contributed by atoms with Crippen molar-refractivity contribution in [2.75, 3.05) is 6.61 Å². The Morgan fingerprint density at radius 1 is 1.79 bits per heavy atom. The summed E-state index contributed by atoms with van der Waals surface area (Å²) in [5, 5.41) is 2.64. The van der Waals surface area contributed by atoms with E-state index >= 15 is 0 Å². The van der Waals surface area contributed by atoms with Gasteiger partial charge in [-0.15, -0.1) is 11.3 Å². The minimum absolute atomic E-state index is 0.284. The van der Waals surface area contributed by atoms with Crippen molar-refractivity contribution in [3.8, 4) is 0 Å². The lowest BCUT2D eigenvalue weighted by Gasteiger charge is -2.00. The Balaban J connectivity index is 1.83. The van der Waals surface area contributed by atoms with Crippen molar-refractivity contribution in [2.45, 2.75) is 20.3 Å². The Hall–Kier alpha value is -0.900. The SMILES string of the molecule is Cc1nc(C(=O)OCC2CC2C)cs1. The maximum atomic E-state index is 11.4. The van der Waals surface area contributed by atoms with Crippen LogP contribution < -0.4 is 0 Å². The zero-order valence-electron chi connectivity index (χ0n) is 8.32. The van der Waals surface area contributed by atoms with Crippen LogP contribution in [0.25, 0.3) is 0 Å². The van der Waals surface area contributed by atoms with Crippen molar-refractivity contribution in [3.05, 3.63) is 16.1 Å². The second-order valence-electron chi connectivity index (χ2n) is 3.82. The van der Waals surface area contributed by atoms with Crippen molar-refractivity contribution >= 4 is 17.3 Å². The van der Waals surface area contributed by atoms with E-state index in [1.165, 1.54) is 17.8 Å². The van der Waals surface area contributed by atoms with E-state index in [1.54, 1.807) is 5.38 Å². The van der Waals surface area contributed by atoms with E-state index in [0.717, 1.165) is 10.9 Å². The predicted octanol–water partition coefficient (Wildman–Crippen LogP) is 2.26. The van der Waals surface area contributed by atoms with E-state index in [1.807, 2.05) is 6.92 Å². The summed E-state index contributed by atoms with van der Waals surface area (Å²) >= 11 is 1.47. The quantitative estimate of drug-likeness (QED) is 0.720. The van der Waals surface area contributed by atoms with Crippen LogP contribution in [0.2, 0.25) is 0 Å². The van der Waals surface area contributed by atoms with Crippen molar-refractivity contribution in [2.24, 2.45) is 11.8 Å². The van der Waals surface area contributed by atoms with E-state index < -0.39 is 0 Å². The summed E-state index contributed by atoms with van der Waals surface area (Å²) < 4.78 is 5.14. The van der Waals surface area contributed by atoms with E-state index in [9.17, 15) is 4.79 Å². The average Bonchev–Trinajstić information content (AvgIpc) is 2.66. The number of hydrogen-bond donors (Lipinski definition) is 0. The molecule has 2 unspecified atom stereocenters. The molecule has 2 rings (SSSR count). The molecular formula is C10H13NO2S. The zero-order chi connectivity index (χ0) is 10.1. The molecule has 1 aromatic rings. The van der Waals surface area contributed by atoms with E-state index in [0.29, 0.717) is 18.2 Å². The van der Waals surface area contributed by atoms with Gasteiger partial charge in [0, 0.05) is 5.38 Å². The summed E-state index contributed by atoms with van der Waals surface area (Å²) in [7, 11) is 0. The van der Waals surface area contributed by atoms with Gasteiger partial charge in [0.2, 0.25) is 0 Å². The molecule has 0 amide bonds. The lowest BCUT2D eigenvalue weighted by Crippen LogP contribution is -2.08. The van der Waals surface area contributed by atoms with Gasteiger partial charge in [-0.05, 0) is 25.2 Å². The van der Waals surface area contributed by atoms with E-state index in [2.05, 4.69) is 11.9 Å². The van der Waals surface area contributed by atoms with Gasteiger partial charge in [-0.3, -0.25) is 0 Å². The minimum atomic E-state index is -0.284. The van der Waals surface area contributed by atoms with E-state index in [4.69, 9.17) is 4.74 Å². The third-order valence-corrected chi connectivity index (χ3v) is 3.31. The number of aryl methyl sites for hydroxylation is 1. The van der Waals surface area contributed by atoms with Gasteiger partial charge in [-0.2, -0.15) is 0 Å². The van der Waals surface area contributed by atoms with Gasteiger partial charge in [-0.25, -0.2) is 9.78 Å². The zero-order valence-corrected chi connectivity index (χ0v) is 9.13. The van der Waals surface area contributed by atoms with Crippen LogP contribution >= 0.6 is 11.3 Å². The molecule has 1 aliphatic rings. The Labute approximate surface area is 87.1 Å². The van der Waals surface area contributed by atoms with Crippen molar-refractivity contribution < 1.29 is 9.53 Å². The van der Waals surface area contributed by atoms with Gasteiger partial charge in [0.05, 0.1) is 11.6 Å². The van der Waals surface area contributed by atoms with Gasteiger partial charge in [0.15, 0.2) is 5.69 Å². The number of hydrogen-bond acceptors (Lipinski definition) is 4. The molecule has 0 bridgehead atoms. The van der Waals surface area contributed by atoms with Gasteiger partial charge in [-0.1, -0.05) is 6.92 Å². The number of ether oxygens (including phenoxy) is 1. The highest BCUT2D eigenvalue weighted by Crippen LogP contribution is 2.37. The molecular weight excluding hydrogens is 198 g/mol. The lowest BCUT2D eigenvalue weighted by atomic mass is 10.4. The number of nitrogens with zero attached hydrogens (tertiary/aromatic N) is 1. The molecule has 0 aliphatic heterocycles. The van der Waals surface area contributed by atoms with Crippen LogP contribution in [-0.4, -0.2) is 17.6 Å². The molecule has 0 saturated heterocycles. The summed E-state index contributed by atoms with van der Waals surface area (Å²) in [6.07, 6.45) is 1.18. The molecule has 1 aromatic heterocycles. The van der Waals surface area contributed by atoms with Crippen LogP contribution in [0.4, 0.5) is 0 Å². The van der Waals surface area contributed by atoms with Gasteiger partial charge < -0.3 is 4.74 Å². The molecule has 0 aromatic carbocycles. The molecule has 76 valence electrons. The van der Waals surface area contributed by atoms with Crippen LogP contribution in [0.3, 0.4) is 0 Å². The molecule has 0 spiro atoms. The summed E-state index contributed by atoms with van der Waals surface area (Å²) in [4.78, 5) is 15.5. The van der Waals surface area contributed by atoms with Gasteiger partial charge in [0.25, 0.3) is 0 Å². The first kappa shape index (κ1) is 9.65. The maximum Gasteiger partial charge on any atom is 0.357 e. The number of carbonyl (C=O) groups excluding carboxylic acids is 1. The fraction of sp³-hybridized carbons (Fsp3) is 0.600. The predicted molar refractivity (Wildman–Crippen MR) is 54.4 cm³/mol. The van der Waals surface area contributed by atoms with Crippen LogP contribution in [0.15, 0.2) is 5.38 Å². The number of carbonyl (C=O) groups is 1. The molecule has 1 fully saturated rings. The first-order valence-electron chi connectivity index (χ1n) is 4.76. The second-order valence-corrected chi connectivity index (χ2v) is 4.89. The summed E-state index contributed by atoms with van der Waals surface area (Å²) in [6.45, 7) is 4.60. The number of rotatable bonds is 3. The molecule has 0 radical (unpaired) electrons. The summed E-state index contributed by atoms with van der Waals surface area (Å²) in [5.74, 6) is 1.02. The largest absolute Gasteiger partial charge is 0.461 e. The third kappa shape index (κ3) is 2.12. The highest BCUT2D eigenvalue weighted by molar-refractivity contribution is 7.09. The monoisotopic (exact) mass is 211 g/mol. The molecule has 0 N–H and O–H groups in total. The molecule has 1 saturated carbocycles. The maximum absolute atomic E-state index is 11.4. The average molecular weight is 211 g/mol. The van der Waals surface area contributed by atoms with Crippen LogP contribution in [0.5, 0.6) is 0 Å². The fourth-order valence-corrected chi connectivity index (χ4v) is 1.93.